The number of aliphatic hydroxyl groups excluding tert-OH is 1. The van der Waals surface area contributed by atoms with E-state index in [4.69, 9.17) is 14.2 Å². The van der Waals surface area contributed by atoms with Crippen LogP contribution < -0.4 is 10.1 Å². The normalized spacial score (nSPS) is 20.9. The Morgan fingerprint density at radius 3 is 2.83 bits per heavy atom. The fourth-order valence-corrected chi connectivity index (χ4v) is 3.51. The Morgan fingerprint density at radius 1 is 1.38 bits per heavy atom. The molecule has 2 N–H and O–H groups in total. The standard InChI is InChI=1S/C22H30N2O5/c1-22(2,3)29-21(26)24-14-8-9-15(28-13-14)11-20(25)17-6-5-7-19-18(17)10-16(27-4)12-23-19/h5-7,10,12,14-15,20,25H,8-9,11,13H2,1-4H3,(H,24,26)/t14-,15+,20?/m1/s1. The summed E-state index contributed by atoms with van der Waals surface area (Å²) < 4.78 is 16.5. The molecule has 7 heteroatoms. The van der Waals surface area contributed by atoms with Gasteiger partial charge in [-0.25, -0.2) is 4.79 Å². The summed E-state index contributed by atoms with van der Waals surface area (Å²) in [6.07, 6.45) is 2.51. The van der Waals surface area contributed by atoms with Gasteiger partial charge >= 0.3 is 6.09 Å². The molecule has 1 aliphatic rings. The van der Waals surface area contributed by atoms with Gasteiger partial charge in [0.1, 0.15) is 11.4 Å². The molecule has 1 aliphatic heterocycles. The number of benzene rings is 1. The van der Waals surface area contributed by atoms with Crippen molar-refractivity contribution in [3.63, 3.8) is 0 Å². The van der Waals surface area contributed by atoms with Gasteiger partial charge in [0.2, 0.25) is 0 Å². The van der Waals surface area contributed by atoms with E-state index < -0.39 is 17.8 Å². The topological polar surface area (TPSA) is 89.9 Å². The van der Waals surface area contributed by atoms with Gasteiger partial charge < -0.3 is 24.6 Å². The minimum Gasteiger partial charge on any atom is -0.495 e. The zero-order valence-corrected chi connectivity index (χ0v) is 17.5. The molecule has 1 fully saturated rings. The number of carbonyl (C=O) groups is 1. The van der Waals surface area contributed by atoms with Gasteiger partial charge in [0.25, 0.3) is 0 Å². The van der Waals surface area contributed by atoms with Gasteiger partial charge in [-0.2, -0.15) is 0 Å². The molecule has 2 aromatic rings. The van der Waals surface area contributed by atoms with E-state index in [1.807, 2.05) is 45.0 Å². The maximum atomic E-state index is 11.9. The third-order valence-corrected chi connectivity index (χ3v) is 4.91. The van der Waals surface area contributed by atoms with E-state index in [0.29, 0.717) is 18.8 Å². The molecule has 1 aromatic heterocycles. The highest BCUT2D eigenvalue weighted by molar-refractivity contribution is 5.83. The monoisotopic (exact) mass is 402 g/mol. The van der Waals surface area contributed by atoms with Crippen molar-refractivity contribution in [2.45, 2.75) is 63.9 Å². The number of aliphatic hydroxyl groups is 1. The molecule has 7 nitrogen and oxygen atoms in total. The molecule has 3 atom stereocenters. The third kappa shape index (κ3) is 5.81. The maximum Gasteiger partial charge on any atom is 0.407 e. The first-order chi connectivity index (χ1) is 13.7. The SMILES string of the molecule is COc1cnc2cccc(C(O)C[C@@H]3CC[C@@H](NC(=O)OC(C)(C)C)CO3)c2c1. The Kier molecular flexibility index (Phi) is 6.59. The van der Waals surface area contributed by atoms with Gasteiger partial charge in [-0.3, -0.25) is 4.98 Å². The van der Waals surface area contributed by atoms with Crippen LogP contribution in [-0.4, -0.2) is 47.6 Å². The summed E-state index contributed by atoms with van der Waals surface area (Å²) in [4.78, 5) is 16.3. The first-order valence-corrected chi connectivity index (χ1v) is 9.97. The van der Waals surface area contributed by atoms with E-state index in [-0.39, 0.29) is 12.1 Å². The van der Waals surface area contributed by atoms with Gasteiger partial charge in [-0.1, -0.05) is 12.1 Å². The van der Waals surface area contributed by atoms with Gasteiger partial charge in [0.15, 0.2) is 0 Å². The molecule has 0 bridgehead atoms. The second-order valence-electron chi connectivity index (χ2n) is 8.42. The van der Waals surface area contributed by atoms with Crippen LogP contribution in [0.25, 0.3) is 10.9 Å². The van der Waals surface area contributed by atoms with Gasteiger partial charge in [0.05, 0.1) is 43.7 Å². The second kappa shape index (κ2) is 8.97. The van der Waals surface area contributed by atoms with Crippen LogP contribution in [0, 0.1) is 0 Å². The lowest BCUT2D eigenvalue weighted by molar-refractivity contribution is -0.0316. The second-order valence-corrected chi connectivity index (χ2v) is 8.42. The molecule has 3 rings (SSSR count). The van der Waals surface area contributed by atoms with Gasteiger partial charge in [-0.05, 0) is 51.3 Å². The smallest absolute Gasteiger partial charge is 0.407 e. The Bertz CT molecular complexity index is 841. The lowest BCUT2D eigenvalue weighted by atomic mass is 9.95. The molecular formula is C22H30N2O5. The van der Waals surface area contributed by atoms with Crippen molar-refractivity contribution in [3.8, 4) is 5.75 Å². The summed E-state index contributed by atoms with van der Waals surface area (Å²) in [5.41, 5.74) is 1.10. The highest BCUT2D eigenvalue weighted by Crippen LogP contribution is 2.31. The number of methoxy groups -OCH3 is 1. The average Bonchev–Trinajstić information content (AvgIpc) is 2.67. The fraction of sp³-hybridized carbons (Fsp3) is 0.545. The van der Waals surface area contributed by atoms with Crippen LogP contribution in [0.3, 0.4) is 0 Å². The van der Waals surface area contributed by atoms with Crippen LogP contribution >= 0.6 is 0 Å². The highest BCUT2D eigenvalue weighted by Gasteiger charge is 2.27. The summed E-state index contributed by atoms with van der Waals surface area (Å²) in [5, 5.41) is 14.6. The number of amides is 1. The number of alkyl carbamates (subject to hydrolysis) is 1. The average molecular weight is 402 g/mol. The van der Waals surface area contributed by atoms with Crippen molar-refractivity contribution in [1.29, 1.82) is 0 Å². The predicted octanol–water partition coefficient (Wildman–Crippen LogP) is 3.74. The molecule has 0 radical (unpaired) electrons. The van der Waals surface area contributed by atoms with Gasteiger partial charge in [0, 0.05) is 11.8 Å². The van der Waals surface area contributed by atoms with E-state index in [2.05, 4.69) is 10.3 Å². The van der Waals surface area contributed by atoms with Crippen molar-refractivity contribution >= 4 is 17.0 Å². The summed E-state index contributed by atoms with van der Waals surface area (Å²) in [6.45, 7) is 5.90. The number of nitrogens with one attached hydrogen (secondary N) is 1. The minimum absolute atomic E-state index is 0.0736. The lowest BCUT2D eigenvalue weighted by Crippen LogP contribution is -2.45. The minimum atomic E-state index is -0.673. The summed E-state index contributed by atoms with van der Waals surface area (Å²) in [7, 11) is 1.60. The zero-order chi connectivity index (χ0) is 21.0. The quantitative estimate of drug-likeness (QED) is 0.792. The first kappa shape index (κ1) is 21.3. The molecule has 1 saturated heterocycles. The largest absolute Gasteiger partial charge is 0.495 e. The number of hydrogen-bond donors (Lipinski definition) is 2. The predicted molar refractivity (Wildman–Crippen MR) is 110 cm³/mol. The number of ether oxygens (including phenoxy) is 3. The first-order valence-electron chi connectivity index (χ1n) is 9.97. The van der Waals surface area contributed by atoms with E-state index in [1.54, 1.807) is 13.3 Å². The number of carbonyl (C=O) groups excluding carboxylic acids is 1. The number of nitrogens with zero attached hydrogens (tertiary/aromatic N) is 1. The molecular weight excluding hydrogens is 372 g/mol. The number of hydrogen-bond acceptors (Lipinski definition) is 6. The van der Waals surface area contributed by atoms with Crippen molar-refractivity contribution < 1.29 is 24.1 Å². The van der Waals surface area contributed by atoms with Crippen LogP contribution in [0.5, 0.6) is 5.75 Å². The molecule has 29 heavy (non-hydrogen) atoms. The van der Waals surface area contributed by atoms with Crippen LogP contribution in [0.1, 0.15) is 51.7 Å². The van der Waals surface area contributed by atoms with Gasteiger partial charge in [-0.15, -0.1) is 0 Å². The molecule has 1 amide bonds. The van der Waals surface area contributed by atoms with E-state index in [9.17, 15) is 9.90 Å². The number of pyridine rings is 1. The van der Waals surface area contributed by atoms with Crippen LogP contribution in [0.4, 0.5) is 4.79 Å². The molecule has 158 valence electrons. The Morgan fingerprint density at radius 2 is 2.17 bits per heavy atom. The Hall–Kier alpha value is -2.38. The fourth-order valence-electron chi connectivity index (χ4n) is 3.51. The molecule has 0 spiro atoms. The number of fused-ring (bicyclic) bond motifs is 1. The Balaban J connectivity index is 1.57. The third-order valence-electron chi connectivity index (χ3n) is 4.91. The molecule has 1 unspecified atom stereocenters. The van der Waals surface area contributed by atoms with E-state index in [1.165, 1.54) is 0 Å². The summed E-state index contributed by atoms with van der Waals surface area (Å²) in [6, 6.07) is 7.52. The highest BCUT2D eigenvalue weighted by atomic mass is 16.6. The van der Waals surface area contributed by atoms with Crippen molar-refractivity contribution in [2.24, 2.45) is 0 Å². The Labute approximate surface area is 171 Å². The molecule has 2 heterocycles. The van der Waals surface area contributed by atoms with E-state index in [0.717, 1.165) is 29.3 Å². The van der Waals surface area contributed by atoms with Crippen molar-refractivity contribution in [2.75, 3.05) is 13.7 Å². The number of rotatable bonds is 5. The molecule has 0 saturated carbocycles. The lowest BCUT2D eigenvalue weighted by Gasteiger charge is -2.31. The van der Waals surface area contributed by atoms with E-state index >= 15 is 0 Å². The van der Waals surface area contributed by atoms with Crippen LogP contribution in [0.2, 0.25) is 0 Å². The van der Waals surface area contributed by atoms with Crippen LogP contribution in [-0.2, 0) is 9.47 Å². The zero-order valence-electron chi connectivity index (χ0n) is 17.5. The van der Waals surface area contributed by atoms with Crippen LogP contribution in [0.15, 0.2) is 30.5 Å². The summed E-state index contributed by atoms with van der Waals surface area (Å²) >= 11 is 0. The maximum absolute atomic E-state index is 11.9. The number of aromatic nitrogens is 1. The summed E-state index contributed by atoms with van der Waals surface area (Å²) in [5.74, 6) is 0.655. The molecule has 0 aliphatic carbocycles. The van der Waals surface area contributed by atoms with Crippen molar-refractivity contribution in [3.05, 3.63) is 36.0 Å². The van der Waals surface area contributed by atoms with Crippen molar-refractivity contribution in [1.82, 2.24) is 10.3 Å². The molecule has 1 aromatic carbocycles.